The molecule has 0 spiro atoms. The zero-order valence-electron chi connectivity index (χ0n) is 11.1. The number of carbonyl (C=O) groups is 1. The lowest BCUT2D eigenvalue weighted by Gasteiger charge is -2.12. The fourth-order valence-corrected chi connectivity index (χ4v) is 1.65. The molecule has 5 heteroatoms. The van der Waals surface area contributed by atoms with Crippen LogP contribution < -0.4 is 15.2 Å². The maximum absolute atomic E-state index is 11.4. The number of hydrogen-bond donors (Lipinski definition) is 1. The minimum Gasteiger partial charge on any atom is -0.493 e. The molecular weight excluding hydrogens is 234 g/mol. The third-order valence-electron chi connectivity index (χ3n) is 2.60. The largest absolute Gasteiger partial charge is 0.493 e. The molecule has 0 heterocycles. The number of ether oxygens (including phenoxy) is 3. The van der Waals surface area contributed by atoms with Crippen LogP contribution in [0.15, 0.2) is 18.2 Å². The Balaban J connectivity index is 2.79. The summed E-state index contributed by atoms with van der Waals surface area (Å²) in [4.78, 5) is 11.4. The molecule has 0 aliphatic heterocycles. The molecule has 0 radical (unpaired) electrons. The van der Waals surface area contributed by atoms with Crippen molar-refractivity contribution in [2.24, 2.45) is 0 Å². The fourth-order valence-electron chi connectivity index (χ4n) is 1.65. The van der Waals surface area contributed by atoms with Crippen LogP contribution in [0, 0.1) is 0 Å². The van der Waals surface area contributed by atoms with E-state index in [1.807, 2.05) is 12.1 Å². The number of esters is 1. The Kier molecular flexibility index (Phi) is 5.45. The van der Waals surface area contributed by atoms with Gasteiger partial charge >= 0.3 is 5.97 Å². The van der Waals surface area contributed by atoms with Crippen molar-refractivity contribution in [3.63, 3.8) is 0 Å². The number of benzene rings is 1. The molecule has 0 aliphatic carbocycles. The van der Waals surface area contributed by atoms with E-state index in [1.54, 1.807) is 27.2 Å². The zero-order chi connectivity index (χ0) is 13.5. The molecule has 0 aromatic heterocycles. The highest BCUT2D eigenvalue weighted by atomic mass is 16.5. The monoisotopic (exact) mass is 254 g/mol. The first kappa shape index (κ1) is 14.3. The maximum atomic E-state index is 11.4. The van der Waals surface area contributed by atoms with Gasteiger partial charge in [0.05, 0.1) is 20.8 Å². The Morgan fingerprint density at radius 1 is 1.28 bits per heavy atom. The molecular formula is C13H20NO4+. The first-order chi connectivity index (χ1) is 8.62. The van der Waals surface area contributed by atoms with Gasteiger partial charge in [-0.3, -0.25) is 4.79 Å². The number of hydrogen-bond acceptors (Lipinski definition) is 4. The van der Waals surface area contributed by atoms with Gasteiger partial charge in [0.15, 0.2) is 11.5 Å². The van der Waals surface area contributed by atoms with Gasteiger partial charge in [0, 0.05) is 5.56 Å². The predicted octanol–water partition coefficient (Wildman–Crippen LogP) is 0.940. The van der Waals surface area contributed by atoms with E-state index in [0.29, 0.717) is 18.1 Å². The van der Waals surface area contributed by atoms with Crippen LogP contribution in [0.3, 0.4) is 0 Å². The van der Waals surface area contributed by atoms with Gasteiger partial charge in [-0.2, -0.15) is 0 Å². The van der Waals surface area contributed by atoms with Gasteiger partial charge in [0.25, 0.3) is 0 Å². The SMILES string of the molecule is CCOC(=O)C[C@H]([NH3+])c1ccc(OC)c(OC)c1. The summed E-state index contributed by atoms with van der Waals surface area (Å²) in [6, 6.07) is 5.34. The summed E-state index contributed by atoms with van der Waals surface area (Å²) in [5.41, 5.74) is 4.88. The van der Waals surface area contributed by atoms with Crippen LogP contribution >= 0.6 is 0 Å². The second-order valence-electron chi connectivity index (χ2n) is 3.82. The standard InChI is InChI=1S/C13H19NO4/c1-4-18-13(15)8-10(14)9-5-6-11(16-2)12(7-9)17-3/h5-7,10H,4,8,14H2,1-3H3/p+1/t10-/m0/s1. The molecule has 0 amide bonds. The lowest BCUT2D eigenvalue weighted by atomic mass is 10.0. The third-order valence-corrected chi connectivity index (χ3v) is 2.60. The quantitative estimate of drug-likeness (QED) is 0.767. The van der Waals surface area contributed by atoms with Gasteiger partial charge < -0.3 is 19.9 Å². The lowest BCUT2D eigenvalue weighted by Crippen LogP contribution is -2.54. The van der Waals surface area contributed by atoms with Crippen LogP contribution in [0.1, 0.15) is 24.9 Å². The summed E-state index contributed by atoms with van der Waals surface area (Å²) in [6.45, 7) is 2.17. The molecule has 0 aliphatic rings. The van der Waals surface area contributed by atoms with E-state index in [2.05, 4.69) is 5.73 Å². The Hall–Kier alpha value is -1.75. The van der Waals surface area contributed by atoms with Gasteiger partial charge in [-0.1, -0.05) is 0 Å². The average molecular weight is 254 g/mol. The van der Waals surface area contributed by atoms with Crippen molar-refractivity contribution in [1.29, 1.82) is 0 Å². The van der Waals surface area contributed by atoms with E-state index in [0.717, 1.165) is 5.56 Å². The second kappa shape index (κ2) is 6.86. The van der Waals surface area contributed by atoms with E-state index in [9.17, 15) is 4.79 Å². The van der Waals surface area contributed by atoms with Crippen LogP contribution in [0.25, 0.3) is 0 Å². The molecule has 0 saturated heterocycles. The van der Waals surface area contributed by atoms with Crippen molar-refractivity contribution in [2.45, 2.75) is 19.4 Å². The Morgan fingerprint density at radius 2 is 1.94 bits per heavy atom. The molecule has 100 valence electrons. The Morgan fingerprint density at radius 3 is 2.50 bits per heavy atom. The minimum atomic E-state index is -0.243. The van der Waals surface area contributed by atoms with Gasteiger partial charge in [0.2, 0.25) is 0 Å². The van der Waals surface area contributed by atoms with Crippen molar-refractivity contribution in [3.8, 4) is 11.5 Å². The highest BCUT2D eigenvalue weighted by molar-refractivity contribution is 5.70. The van der Waals surface area contributed by atoms with E-state index in [1.165, 1.54) is 0 Å². The maximum Gasteiger partial charge on any atom is 0.312 e. The van der Waals surface area contributed by atoms with Crippen molar-refractivity contribution < 1.29 is 24.7 Å². The summed E-state index contributed by atoms with van der Waals surface area (Å²) in [5, 5.41) is 0. The van der Waals surface area contributed by atoms with Crippen molar-refractivity contribution in [2.75, 3.05) is 20.8 Å². The van der Waals surface area contributed by atoms with Gasteiger partial charge in [0.1, 0.15) is 12.5 Å². The van der Waals surface area contributed by atoms with Crippen molar-refractivity contribution in [3.05, 3.63) is 23.8 Å². The highest BCUT2D eigenvalue weighted by Gasteiger charge is 2.17. The molecule has 5 nitrogen and oxygen atoms in total. The van der Waals surface area contributed by atoms with E-state index in [4.69, 9.17) is 14.2 Å². The lowest BCUT2D eigenvalue weighted by molar-refractivity contribution is -0.425. The van der Waals surface area contributed by atoms with E-state index >= 15 is 0 Å². The molecule has 0 fully saturated rings. The Labute approximate surface area is 107 Å². The van der Waals surface area contributed by atoms with Crippen LogP contribution in [0.4, 0.5) is 0 Å². The van der Waals surface area contributed by atoms with E-state index in [-0.39, 0.29) is 18.4 Å². The number of carbonyl (C=O) groups excluding carboxylic acids is 1. The Bertz CT molecular complexity index is 406. The third kappa shape index (κ3) is 3.63. The van der Waals surface area contributed by atoms with Crippen LogP contribution in [-0.2, 0) is 9.53 Å². The number of rotatable bonds is 6. The summed E-state index contributed by atoms with van der Waals surface area (Å²) in [7, 11) is 3.16. The summed E-state index contributed by atoms with van der Waals surface area (Å²) < 4.78 is 15.3. The first-order valence-corrected chi connectivity index (χ1v) is 5.83. The molecule has 1 aromatic carbocycles. The molecule has 0 saturated carbocycles. The average Bonchev–Trinajstić information content (AvgIpc) is 2.38. The second-order valence-corrected chi connectivity index (χ2v) is 3.82. The van der Waals surface area contributed by atoms with Crippen LogP contribution in [-0.4, -0.2) is 26.8 Å². The summed E-state index contributed by atoms with van der Waals surface area (Å²) >= 11 is 0. The smallest absolute Gasteiger partial charge is 0.312 e. The molecule has 3 N–H and O–H groups in total. The van der Waals surface area contributed by atoms with Crippen molar-refractivity contribution >= 4 is 5.97 Å². The van der Waals surface area contributed by atoms with Crippen LogP contribution in [0.2, 0.25) is 0 Å². The zero-order valence-corrected chi connectivity index (χ0v) is 11.1. The number of quaternary nitrogens is 1. The predicted molar refractivity (Wildman–Crippen MR) is 66.4 cm³/mol. The molecule has 18 heavy (non-hydrogen) atoms. The number of methoxy groups -OCH3 is 2. The normalized spacial score (nSPS) is 11.8. The molecule has 1 atom stereocenters. The van der Waals surface area contributed by atoms with Gasteiger partial charge in [-0.15, -0.1) is 0 Å². The topological polar surface area (TPSA) is 72.4 Å². The highest BCUT2D eigenvalue weighted by Crippen LogP contribution is 2.29. The van der Waals surface area contributed by atoms with E-state index < -0.39 is 0 Å². The molecule has 1 aromatic rings. The molecule has 0 bridgehead atoms. The molecule has 0 unspecified atom stereocenters. The van der Waals surface area contributed by atoms with Crippen LogP contribution in [0.5, 0.6) is 11.5 Å². The summed E-state index contributed by atoms with van der Waals surface area (Å²) in [6.07, 6.45) is 0.253. The van der Waals surface area contributed by atoms with Gasteiger partial charge in [-0.25, -0.2) is 0 Å². The van der Waals surface area contributed by atoms with Gasteiger partial charge in [-0.05, 0) is 25.1 Å². The first-order valence-electron chi connectivity index (χ1n) is 5.83. The van der Waals surface area contributed by atoms with Crippen molar-refractivity contribution in [1.82, 2.24) is 0 Å². The fraction of sp³-hybridized carbons (Fsp3) is 0.462. The molecule has 1 rings (SSSR count). The summed E-state index contributed by atoms with van der Waals surface area (Å²) in [5.74, 6) is 1.05. The minimum absolute atomic E-state index is 0.163.